The number of ether oxygens (including phenoxy) is 1. The molecule has 0 radical (unpaired) electrons. The van der Waals surface area contributed by atoms with Crippen molar-refractivity contribution in [1.29, 1.82) is 0 Å². The fourth-order valence-electron chi connectivity index (χ4n) is 2.07. The lowest BCUT2D eigenvalue weighted by Crippen LogP contribution is -2.23. The van der Waals surface area contributed by atoms with Gasteiger partial charge < -0.3 is 14.5 Å². The van der Waals surface area contributed by atoms with Gasteiger partial charge in [0.2, 0.25) is 5.89 Å². The van der Waals surface area contributed by atoms with E-state index in [1.165, 1.54) is 0 Å². The number of benzene rings is 1. The average Bonchev–Trinajstić information content (AvgIpc) is 3.05. The first-order valence-electron chi connectivity index (χ1n) is 8.29. The first-order valence-corrected chi connectivity index (χ1v) is 9.27. The van der Waals surface area contributed by atoms with Crippen LogP contribution in [0, 0.1) is 0 Å². The molecule has 0 aliphatic carbocycles. The summed E-state index contributed by atoms with van der Waals surface area (Å²) in [5, 5.41) is 10.7. The van der Waals surface area contributed by atoms with E-state index >= 15 is 0 Å². The molecule has 7 nitrogen and oxygen atoms in total. The number of esters is 1. The molecule has 1 aromatic carbocycles. The molecule has 1 N–H and O–H groups in total. The molecule has 0 bridgehead atoms. The second kappa shape index (κ2) is 8.84. The summed E-state index contributed by atoms with van der Waals surface area (Å²) < 4.78 is 10.2. The van der Waals surface area contributed by atoms with Gasteiger partial charge in [-0.3, -0.25) is 9.59 Å². The Bertz CT molecular complexity index is 751. The number of thioether (sulfide) groups is 1. The lowest BCUT2D eigenvalue weighted by atomic mass is 9.87. The maximum atomic E-state index is 12.2. The number of carbonyl (C=O) groups excluding carboxylic acids is 2. The molecular formula is C18H23N3O4S. The maximum Gasteiger partial charge on any atom is 0.316 e. The summed E-state index contributed by atoms with van der Waals surface area (Å²) in [6, 6.07) is 7.49. The van der Waals surface area contributed by atoms with Crippen molar-refractivity contribution in [3.63, 3.8) is 0 Å². The van der Waals surface area contributed by atoms with Crippen molar-refractivity contribution in [3.8, 4) is 0 Å². The third-order valence-electron chi connectivity index (χ3n) is 3.48. The van der Waals surface area contributed by atoms with Crippen molar-refractivity contribution in [1.82, 2.24) is 15.5 Å². The Morgan fingerprint density at radius 1 is 1.19 bits per heavy atom. The zero-order valence-corrected chi connectivity index (χ0v) is 16.2. The standard InChI is InChI=1S/C18H23N3O4S/c1-5-24-15(22)11-26-17-21-20-14(25-17)10-19-16(23)12-6-8-13(9-7-12)18(2,3)4/h6-9H,5,10-11H2,1-4H3,(H,19,23). The van der Waals surface area contributed by atoms with Crippen LogP contribution in [0.25, 0.3) is 0 Å². The third-order valence-corrected chi connectivity index (χ3v) is 4.27. The predicted octanol–water partition coefficient (Wildman–Crippen LogP) is 2.95. The molecule has 8 heteroatoms. The van der Waals surface area contributed by atoms with Gasteiger partial charge in [0.05, 0.1) is 13.2 Å². The molecule has 0 saturated carbocycles. The van der Waals surface area contributed by atoms with Crippen LogP contribution >= 0.6 is 11.8 Å². The Kier molecular flexibility index (Phi) is 6.79. The number of nitrogens with one attached hydrogen (secondary N) is 1. The normalized spacial score (nSPS) is 11.2. The fourth-order valence-corrected chi connectivity index (χ4v) is 2.65. The number of nitrogens with zero attached hydrogens (tertiary/aromatic N) is 2. The van der Waals surface area contributed by atoms with Gasteiger partial charge in [-0.05, 0) is 30.0 Å². The summed E-state index contributed by atoms with van der Waals surface area (Å²) in [5.41, 5.74) is 1.76. The summed E-state index contributed by atoms with van der Waals surface area (Å²) in [5.74, 6) is -0.188. The van der Waals surface area contributed by atoms with Crippen LogP contribution in [0.3, 0.4) is 0 Å². The second-order valence-corrected chi connectivity index (χ2v) is 7.49. The Morgan fingerprint density at radius 3 is 2.50 bits per heavy atom. The van der Waals surface area contributed by atoms with Crippen LogP contribution in [-0.4, -0.2) is 34.4 Å². The van der Waals surface area contributed by atoms with Gasteiger partial charge in [0.25, 0.3) is 11.1 Å². The first-order chi connectivity index (χ1) is 12.3. The highest BCUT2D eigenvalue weighted by atomic mass is 32.2. The summed E-state index contributed by atoms with van der Waals surface area (Å²) in [6.07, 6.45) is 0. The molecule has 1 amide bonds. The van der Waals surface area contributed by atoms with E-state index in [9.17, 15) is 9.59 Å². The van der Waals surface area contributed by atoms with Gasteiger partial charge >= 0.3 is 5.97 Å². The minimum atomic E-state index is -0.343. The highest BCUT2D eigenvalue weighted by Gasteiger charge is 2.15. The van der Waals surface area contributed by atoms with Crippen LogP contribution in [0.5, 0.6) is 0 Å². The molecule has 0 saturated heterocycles. The monoisotopic (exact) mass is 377 g/mol. The molecule has 0 fully saturated rings. The van der Waals surface area contributed by atoms with Crippen LogP contribution in [0.15, 0.2) is 33.9 Å². The lowest BCUT2D eigenvalue weighted by Gasteiger charge is -2.18. The highest BCUT2D eigenvalue weighted by Crippen LogP contribution is 2.22. The zero-order valence-electron chi connectivity index (χ0n) is 15.4. The Labute approximate surface area is 156 Å². The van der Waals surface area contributed by atoms with E-state index in [4.69, 9.17) is 9.15 Å². The molecule has 26 heavy (non-hydrogen) atoms. The lowest BCUT2D eigenvalue weighted by molar-refractivity contribution is -0.139. The minimum Gasteiger partial charge on any atom is -0.465 e. The molecule has 0 aliphatic heterocycles. The van der Waals surface area contributed by atoms with Gasteiger partial charge in [-0.1, -0.05) is 44.7 Å². The van der Waals surface area contributed by atoms with E-state index in [0.29, 0.717) is 12.2 Å². The molecule has 1 aromatic heterocycles. The molecule has 0 aliphatic rings. The average molecular weight is 377 g/mol. The summed E-state index contributed by atoms with van der Waals surface area (Å²) in [7, 11) is 0. The first kappa shape index (κ1) is 20.0. The van der Waals surface area contributed by atoms with E-state index in [1.54, 1.807) is 19.1 Å². The number of aromatic nitrogens is 2. The molecule has 0 spiro atoms. The molecule has 1 heterocycles. The third kappa shape index (κ3) is 5.87. The molecule has 0 unspecified atom stereocenters. The topological polar surface area (TPSA) is 94.3 Å². The summed E-state index contributed by atoms with van der Waals surface area (Å²) in [6.45, 7) is 8.55. The largest absolute Gasteiger partial charge is 0.465 e. The fraction of sp³-hybridized carbons (Fsp3) is 0.444. The van der Waals surface area contributed by atoms with E-state index in [1.807, 2.05) is 12.1 Å². The van der Waals surface area contributed by atoms with E-state index in [2.05, 4.69) is 36.3 Å². The Balaban J connectivity index is 1.85. The van der Waals surface area contributed by atoms with Crippen molar-refractivity contribution >= 4 is 23.6 Å². The van der Waals surface area contributed by atoms with Crippen molar-refractivity contribution in [2.75, 3.05) is 12.4 Å². The van der Waals surface area contributed by atoms with Crippen LogP contribution in [0.2, 0.25) is 0 Å². The highest BCUT2D eigenvalue weighted by molar-refractivity contribution is 7.99. The van der Waals surface area contributed by atoms with Crippen LogP contribution < -0.4 is 5.32 Å². The van der Waals surface area contributed by atoms with Gasteiger partial charge in [-0.15, -0.1) is 10.2 Å². The van der Waals surface area contributed by atoms with Gasteiger partial charge in [-0.2, -0.15) is 0 Å². The van der Waals surface area contributed by atoms with Crippen molar-refractivity contribution in [2.45, 2.75) is 44.9 Å². The summed E-state index contributed by atoms with van der Waals surface area (Å²) >= 11 is 1.10. The SMILES string of the molecule is CCOC(=O)CSc1nnc(CNC(=O)c2ccc(C(C)(C)C)cc2)o1. The minimum absolute atomic E-state index is 0.0381. The number of hydrogen-bond acceptors (Lipinski definition) is 7. The van der Waals surface area contributed by atoms with Crippen LogP contribution in [0.1, 0.15) is 49.5 Å². The Hall–Kier alpha value is -2.35. The van der Waals surface area contributed by atoms with Gasteiger partial charge in [0, 0.05) is 5.56 Å². The van der Waals surface area contributed by atoms with Crippen molar-refractivity contribution in [3.05, 3.63) is 41.3 Å². The van der Waals surface area contributed by atoms with Gasteiger partial charge in [0.1, 0.15) is 5.75 Å². The van der Waals surface area contributed by atoms with Crippen LogP contribution in [0.4, 0.5) is 0 Å². The quantitative estimate of drug-likeness (QED) is 0.585. The summed E-state index contributed by atoms with van der Waals surface area (Å²) in [4.78, 5) is 23.5. The molecule has 140 valence electrons. The molecule has 2 rings (SSSR count). The van der Waals surface area contributed by atoms with Crippen molar-refractivity contribution in [2.24, 2.45) is 0 Å². The number of carbonyl (C=O) groups is 2. The number of amides is 1. The van der Waals surface area contributed by atoms with E-state index in [0.717, 1.165) is 17.3 Å². The molecular weight excluding hydrogens is 354 g/mol. The van der Waals surface area contributed by atoms with Crippen molar-refractivity contribution < 1.29 is 18.7 Å². The zero-order chi connectivity index (χ0) is 19.2. The number of rotatable bonds is 7. The predicted molar refractivity (Wildman–Crippen MR) is 98.0 cm³/mol. The van der Waals surface area contributed by atoms with E-state index in [-0.39, 0.29) is 40.7 Å². The Morgan fingerprint density at radius 2 is 1.88 bits per heavy atom. The van der Waals surface area contributed by atoms with Crippen LogP contribution in [-0.2, 0) is 21.5 Å². The molecule has 2 aromatic rings. The smallest absolute Gasteiger partial charge is 0.316 e. The van der Waals surface area contributed by atoms with E-state index < -0.39 is 0 Å². The number of hydrogen-bond donors (Lipinski definition) is 1. The maximum absolute atomic E-state index is 12.2. The van der Waals surface area contributed by atoms with Gasteiger partial charge in [-0.25, -0.2) is 0 Å². The van der Waals surface area contributed by atoms with Gasteiger partial charge in [0.15, 0.2) is 0 Å². The molecule has 0 atom stereocenters. The second-order valence-electron chi connectivity index (χ2n) is 6.57.